The first kappa shape index (κ1) is 17.6. The fourth-order valence-corrected chi connectivity index (χ4v) is 4.93. The maximum Gasteiger partial charge on any atom is 0.173 e. The molecule has 0 atom stereocenters. The van der Waals surface area contributed by atoms with Crippen LogP contribution in [0.2, 0.25) is 0 Å². The predicted molar refractivity (Wildman–Crippen MR) is 105 cm³/mol. The molecule has 0 saturated heterocycles. The minimum absolute atomic E-state index is 0.312. The zero-order valence-corrected chi connectivity index (χ0v) is 16.3. The molecule has 0 aromatic carbocycles. The van der Waals surface area contributed by atoms with E-state index in [1.807, 2.05) is 0 Å². The van der Waals surface area contributed by atoms with Crippen LogP contribution in [-0.4, -0.2) is 42.0 Å². The van der Waals surface area contributed by atoms with Gasteiger partial charge in [0.15, 0.2) is 6.29 Å². The van der Waals surface area contributed by atoms with Crippen molar-refractivity contribution in [3.8, 4) is 0 Å². The Morgan fingerprint density at radius 1 is 1.19 bits per heavy atom. The van der Waals surface area contributed by atoms with Gasteiger partial charge in [0, 0.05) is 25.3 Å². The van der Waals surface area contributed by atoms with Crippen LogP contribution in [0.1, 0.15) is 36.6 Å². The van der Waals surface area contributed by atoms with Gasteiger partial charge in [-0.05, 0) is 36.8 Å². The highest BCUT2D eigenvalue weighted by Gasteiger charge is 2.24. The first-order chi connectivity index (χ1) is 12.8. The Morgan fingerprint density at radius 2 is 2.00 bits per heavy atom. The summed E-state index contributed by atoms with van der Waals surface area (Å²) < 4.78 is 11.6. The third-order valence-electron chi connectivity index (χ3n) is 5.01. The standard InChI is InChI=1S/C19H24N4O2S/c1-4-6-13-11-7-5-8-12(11)15-16-17(26-19(15)23-13)18(22-10-21-16)20-9-14(24-2)25-3/h10,14H,4-9H2,1-3H3,(H,20,21,22). The molecular weight excluding hydrogens is 348 g/mol. The summed E-state index contributed by atoms with van der Waals surface area (Å²) in [5.41, 5.74) is 5.22. The molecule has 3 aromatic rings. The molecule has 0 radical (unpaired) electrons. The number of thiophene rings is 1. The first-order valence-corrected chi connectivity index (χ1v) is 9.95. The topological polar surface area (TPSA) is 69.2 Å². The number of hydrogen-bond donors (Lipinski definition) is 1. The summed E-state index contributed by atoms with van der Waals surface area (Å²) in [7, 11) is 3.26. The van der Waals surface area contributed by atoms with E-state index in [0.717, 1.165) is 46.5 Å². The third-order valence-corrected chi connectivity index (χ3v) is 6.09. The third kappa shape index (κ3) is 2.94. The van der Waals surface area contributed by atoms with Gasteiger partial charge >= 0.3 is 0 Å². The lowest BCUT2D eigenvalue weighted by Gasteiger charge is -2.14. The average Bonchev–Trinajstić information content (AvgIpc) is 3.27. The fourth-order valence-electron chi connectivity index (χ4n) is 3.79. The summed E-state index contributed by atoms with van der Waals surface area (Å²) in [5.74, 6) is 0.820. The lowest BCUT2D eigenvalue weighted by molar-refractivity contribution is -0.0914. The maximum absolute atomic E-state index is 5.26. The number of fused-ring (bicyclic) bond motifs is 5. The van der Waals surface area contributed by atoms with Gasteiger partial charge in [0.2, 0.25) is 0 Å². The number of aryl methyl sites for hydroxylation is 2. The molecule has 1 aliphatic rings. The normalized spacial score (nSPS) is 13.8. The molecule has 0 spiro atoms. The molecule has 0 amide bonds. The van der Waals surface area contributed by atoms with Crippen molar-refractivity contribution in [2.24, 2.45) is 0 Å². The summed E-state index contributed by atoms with van der Waals surface area (Å²) in [5, 5.41) is 4.57. The van der Waals surface area contributed by atoms with Crippen molar-refractivity contribution < 1.29 is 9.47 Å². The Labute approximate surface area is 157 Å². The highest BCUT2D eigenvalue weighted by atomic mass is 32.1. The molecule has 7 heteroatoms. The van der Waals surface area contributed by atoms with E-state index < -0.39 is 0 Å². The molecule has 0 bridgehead atoms. The second kappa shape index (κ2) is 7.42. The van der Waals surface area contributed by atoms with Crippen molar-refractivity contribution in [1.29, 1.82) is 0 Å². The van der Waals surface area contributed by atoms with Crippen LogP contribution in [0.3, 0.4) is 0 Å². The summed E-state index contributed by atoms with van der Waals surface area (Å²) in [6.07, 6.45) is 6.97. The van der Waals surface area contributed by atoms with E-state index in [2.05, 4.69) is 22.2 Å². The van der Waals surface area contributed by atoms with E-state index in [-0.39, 0.29) is 6.29 Å². The number of nitrogens with zero attached hydrogens (tertiary/aromatic N) is 3. The molecule has 0 unspecified atom stereocenters. The quantitative estimate of drug-likeness (QED) is 0.638. The van der Waals surface area contributed by atoms with Crippen LogP contribution in [0.5, 0.6) is 0 Å². The van der Waals surface area contributed by atoms with Gasteiger partial charge in [0.05, 0.1) is 16.8 Å². The van der Waals surface area contributed by atoms with Crippen molar-refractivity contribution in [3.05, 3.63) is 23.1 Å². The molecule has 0 saturated carbocycles. The second-order valence-corrected chi connectivity index (χ2v) is 7.58. The highest BCUT2D eigenvalue weighted by molar-refractivity contribution is 7.26. The van der Waals surface area contributed by atoms with Gasteiger partial charge in [0.25, 0.3) is 0 Å². The summed E-state index contributed by atoms with van der Waals surface area (Å²) in [4.78, 5) is 15.2. The minimum Gasteiger partial charge on any atom is -0.364 e. The van der Waals surface area contributed by atoms with Crippen molar-refractivity contribution in [2.45, 2.75) is 45.3 Å². The van der Waals surface area contributed by atoms with Crippen LogP contribution in [-0.2, 0) is 28.7 Å². The Hall–Kier alpha value is -1.83. The van der Waals surface area contributed by atoms with Gasteiger partial charge in [-0.3, -0.25) is 0 Å². The van der Waals surface area contributed by atoms with Crippen molar-refractivity contribution in [1.82, 2.24) is 15.0 Å². The van der Waals surface area contributed by atoms with Crippen LogP contribution < -0.4 is 5.32 Å². The smallest absolute Gasteiger partial charge is 0.173 e. The van der Waals surface area contributed by atoms with E-state index in [4.69, 9.17) is 14.5 Å². The highest BCUT2D eigenvalue weighted by Crippen LogP contribution is 2.41. The largest absolute Gasteiger partial charge is 0.364 e. The van der Waals surface area contributed by atoms with Gasteiger partial charge in [-0.1, -0.05) is 13.3 Å². The number of methoxy groups -OCH3 is 2. The van der Waals surface area contributed by atoms with E-state index in [0.29, 0.717) is 6.54 Å². The minimum atomic E-state index is -0.312. The zero-order valence-electron chi connectivity index (χ0n) is 15.5. The van der Waals surface area contributed by atoms with E-state index in [9.17, 15) is 0 Å². The molecule has 1 aliphatic carbocycles. The van der Waals surface area contributed by atoms with Gasteiger partial charge in [-0.2, -0.15) is 0 Å². The number of hydrogen-bond acceptors (Lipinski definition) is 7. The van der Waals surface area contributed by atoms with Crippen molar-refractivity contribution >= 4 is 37.6 Å². The molecule has 3 aromatic heterocycles. The molecule has 1 N–H and O–H groups in total. The number of nitrogens with one attached hydrogen (secondary N) is 1. The van der Waals surface area contributed by atoms with Crippen LogP contribution >= 0.6 is 11.3 Å². The van der Waals surface area contributed by atoms with E-state index in [1.54, 1.807) is 31.9 Å². The van der Waals surface area contributed by atoms with E-state index in [1.165, 1.54) is 28.6 Å². The molecule has 0 aliphatic heterocycles. The molecular formula is C19H24N4O2S. The number of pyridine rings is 1. The molecule has 4 rings (SSSR count). The summed E-state index contributed by atoms with van der Waals surface area (Å²) in [6.45, 7) is 2.74. The molecule has 26 heavy (non-hydrogen) atoms. The molecule has 6 nitrogen and oxygen atoms in total. The maximum atomic E-state index is 5.26. The second-order valence-electron chi connectivity index (χ2n) is 6.58. The lowest BCUT2D eigenvalue weighted by atomic mass is 10.0. The Bertz CT molecular complexity index is 936. The molecule has 138 valence electrons. The zero-order chi connectivity index (χ0) is 18.1. The number of rotatable bonds is 7. The van der Waals surface area contributed by atoms with Gasteiger partial charge in [0.1, 0.15) is 17.0 Å². The van der Waals surface area contributed by atoms with Crippen LogP contribution in [0.25, 0.3) is 20.4 Å². The number of ether oxygens (including phenoxy) is 2. The van der Waals surface area contributed by atoms with Crippen LogP contribution in [0.15, 0.2) is 6.33 Å². The fraction of sp³-hybridized carbons (Fsp3) is 0.526. The number of aromatic nitrogens is 3. The average molecular weight is 372 g/mol. The van der Waals surface area contributed by atoms with Crippen LogP contribution in [0, 0.1) is 0 Å². The molecule has 3 heterocycles. The van der Waals surface area contributed by atoms with Gasteiger partial charge in [-0.25, -0.2) is 15.0 Å². The van der Waals surface area contributed by atoms with Crippen LogP contribution in [0.4, 0.5) is 5.82 Å². The van der Waals surface area contributed by atoms with Gasteiger partial charge in [-0.15, -0.1) is 11.3 Å². The van der Waals surface area contributed by atoms with Crippen molar-refractivity contribution in [3.63, 3.8) is 0 Å². The number of anilines is 1. The Kier molecular flexibility index (Phi) is 5.02. The summed E-state index contributed by atoms with van der Waals surface area (Å²) >= 11 is 1.68. The van der Waals surface area contributed by atoms with Gasteiger partial charge < -0.3 is 14.8 Å². The monoisotopic (exact) mass is 372 g/mol. The lowest BCUT2D eigenvalue weighted by Crippen LogP contribution is -2.24. The molecule has 0 fully saturated rings. The van der Waals surface area contributed by atoms with Crippen molar-refractivity contribution in [2.75, 3.05) is 26.1 Å². The first-order valence-electron chi connectivity index (χ1n) is 9.14. The predicted octanol–water partition coefficient (Wildman–Crippen LogP) is 3.71. The Balaban J connectivity index is 1.83. The SMILES string of the molecule is CCCc1nc2sc3c(NCC(OC)OC)ncnc3c2c2c1CCC2. The Morgan fingerprint density at radius 3 is 2.77 bits per heavy atom. The van der Waals surface area contributed by atoms with E-state index >= 15 is 0 Å². The summed E-state index contributed by atoms with van der Waals surface area (Å²) in [6, 6.07) is 0.